The molecule has 0 aliphatic carbocycles. The van der Waals surface area contributed by atoms with Gasteiger partial charge in [-0.1, -0.05) is 0 Å². The maximum absolute atomic E-state index is 11.2. The quantitative estimate of drug-likeness (QED) is 0.489. The van der Waals surface area contributed by atoms with Crippen LogP contribution in [0.25, 0.3) is 0 Å². The Morgan fingerprint density at radius 1 is 1.22 bits per heavy atom. The van der Waals surface area contributed by atoms with Crippen molar-refractivity contribution in [3.63, 3.8) is 0 Å². The molecule has 1 aliphatic rings. The summed E-state index contributed by atoms with van der Waals surface area (Å²) in [6, 6.07) is 0. The van der Waals surface area contributed by atoms with Gasteiger partial charge in [0, 0.05) is 54.1 Å². The van der Waals surface area contributed by atoms with Crippen molar-refractivity contribution < 1.29 is 23.3 Å². The van der Waals surface area contributed by atoms with E-state index in [9.17, 15) is 13.8 Å². The van der Waals surface area contributed by atoms with Gasteiger partial charge < -0.3 is 9.47 Å². The van der Waals surface area contributed by atoms with Crippen LogP contribution in [0.1, 0.15) is 0 Å². The molecule has 0 aromatic heterocycles. The Kier molecular flexibility index (Phi) is 6.59. The molecule has 0 atom stereocenters. The van der Waals surface area contributed by atoms with Crippen molar-refractivity contribution in [1.29, 1.82) is 0 Å². The highest BCUT2D eigenvalue weighted by Crippen LogP contribution is 1.99. The van der Waals surface area contributed by atoms with Gasteiger partial charge in [0.25, 0.3) is 0 Å². The lowest BCUT2D eigenvalue weighted by Crippen LogP contribution is -2.39. The van der Waals surface area contributed by atoms with E-state index in [4.69, 9.17) is 4.74 Å². The molecular formula is C11H17NO5S. The molecule has 1 saturated heterocycles. The van der Waals surface area contributed by atoms with Crippen LogP contribution in [0.2, 0.25) is 0 Å². The Hall–Kier alpha value is -1.21. The number of carbonyl (C=O) groups is 2. The molecule has 0 aromatic rings. The summed E-state index contributed by atoms with van der Waals surface area (Å²) in [4.78, 5) is 24.0. The molecular weight excluding hydrogens is 258 g/mol. The topological polar surface area (TPSA) is 72.9 Å². The Morgan fingerprint density at radius 2 is 1.83 bits per heavy atom. The molecule has 0 spiro atoms. The van der Waals surface area contributed by atoms with Crippen molar-refractivity contribution in [3.05, 3.63) is 12.2 Å². The predicted octanol–water partition coefficient (Wildman–Crippen LogP) is -0.677. The third kappa shape index (κ3) is 5.92. The summed E-state index contributed by atoms with van der Waals surface area (Å²) in [5.41, 5.74) is 0. The summed E-state index contributed by atoms with van der Waals surface area (Å²) in [6.07, 6.45) is 2.06. The summed E-state index contributed by atoms with van der Waals surface area (Å²) in [5, 5.41) is 0. The highest BCUT2D eigenvalue weighted by Gasteiger charge is 2.14. The van der Waals surface area contributed by atoms with Gasteiger partial charge in [0.1, 0.15) is 6.61 Å². The first-order valence-corrected chi connectivity index (χ1v) is 7.10. The van der Waals surface area contributed by atoms with Crippen LogP contribution in [0.15, 0.2) is 12.2 Å². The van der Waals surface area contributed by atoms with Crippen LogP contribution in [0.5, 0.6) is 0 Å². The van der Waals surface area contributed by atoms with Crippen LogP contribution >= 0.6 is 0 Å². The van der Waals surface area contributed by atoms with Crippen LogP contribution in [-0.4, -0.2) is 65.9 Å². The van der Waals surface area contributed by atoms with Crippen molar-refractivity contribution in [1.82, 2.24) is 4.90 Å². The second-order valence-electron chi connectivity index (χ2n) is 3.71. The summed E-state index contributed by atoms with van der Waals surface area (Å²) >= 11 is 0. The standard InChI is InChI=1S/C11H17NO5S/c1-16-10(13)2-3-11(14)17-7-4-12-5-8-18(15)9-6-12/h2-3H,4-9H2,1H3. The highest BCUT2D eigenvalue weighted by atomic mass is 32.2. The summed E-state index contributed by atoms with van der Waals surface area (Å²) in [7, 11) is 0.538. The van der Waals surface area contributed by atoms with Gasteiger partial charge in [0.15, 0.2) is 0 Å². The number of hydrogen-bond acceptors (Lipinski definition) is 6. The molecule has 0 radical (unpaired) electrons. The maximum atomic E-state index is 11.2. The van der Waals surface area contributed by atoms with Crippen LogP contribution in [-0.2, 0) is 29.9 Å². The molecule has 0 amide bonds. The van der Waals surface area contributed by atoms with Crippen LogP contribution in [0.3, 0.4) is 0 Å². The zero-order valence-corrected chi connectivity index (χ0v) is 11.1. The lowest BCUT2D eigenvalue weighted by atomic mass is 10.4. The van der Waals surface area contributed by atoms with Gasteiger partial charge in [0.05, 0.1) is 7.11 Å². The molecule has 7 heteroatoms. The van der Waals surface area contributed by atoms with Crippen molar-refractivity contribution >= 4 is 22.7 Å². The Bertz CT molecular complexity index is 345. The van der Waals surface area contributed by atoms with Crippen molar-refractivity contribution in [3.8, 4) is 0 Å². The minimum Gasteiger partial charge on any atom is -0.466 e. The van der Waals surface area contributed by atoms with Gasteiger partial charge in [0.2, 0.25) is 0 Å². The number of carbonyl (C=O) groups excluding carboxylic acids is 2. The third-order valence-electron chi connectivity index (χ3n) is 2.48. The molecule has 0 aromatic carbocycles. The van der Waals surface area contributed by atoms with E-state index in [0.29, 0.717) is 18.1 Å². The zero-order chi connectivity index (χ0) is 13.4. The van der Waals surface area contributed by atoms with Gasteiger partial charge in [-0.15, -0.1) is 0 Å². The molecule has 1 heterocycles. The van der Waals surface area contributed by atoms with Crippen molar-refractivity contribution in [2.24, 2.45) is 0 Å². The molecule has 1 aliphatic heterocycles. The normalized spacial score (nSPS) is 17.8. The number of rotatable bonds is 5. The van der Waals surface area contributed by atoms with E-state index >= 15 is 0 Å². The van der Waals surface area contributed by atoms with Crippen LogP contribution < -0.4 is 0 Å². The van der Waals surface area contributed by atoms with E-state index in [1.807, 2.05) is 0 Å². The summed E-state index contributed by atoms with van der Waals surface area (Å²) in [5.74, 6) is 0.193. The Balaban J connectivity index is 2.14. The average Bonchev–Trinajstić information content (AvgIpc) is 2.38. The largest absolute Gasteiger partial charge is 0.466 e. The van der Waals surface area contributed by atoms with Crippen LogP contribution in [0, 0.1) is 0 Å². The summed E-state index contributed by atoms with van der Waals surface area (Å²) in [6.45, 7) is 2.41. The molecule has 0 unspecified atom stereocenters. The molecule has 1 rings (SSSR count). The van der Waals surface area contributed by atoms with Gasteiger partial charge in [-0.05, 0) is 0 Å². The Morgan fingerprint density at radius 3 is 2.44 bits per heavy atom. The summed E-state index contributed by atoms with van der Waals surface area (Å²) < 4.78 is 20.4. The number of esters is 2. The smallest absolute Gasteiger partial charge is 0.331 e. The molecule has 1 fully saturated rings. The van der Waals surface area contributed by atoms with Gasteiger partial charge >= 0.3 is 11.9 Å². The van der Waals surface area contributed by atoms with E-state index in [2.05, 4.69) is 9.64 Å². The van der Waals surface area contributed by atoms with E-state index in [1.54, 1.807) is 0 Å². The molecule has 0 bridgehead atoms. The first-order valence-electron chi connectivity index (χ1n) is 5.62. The van der Waals surface area contributed by atoms with Crippen molar-refractivity contribution in [2.75, 3.05) is 44.9 Å². The fraction of sp³-hybridized carbons (Fsp3) is 0.636. The monoisotopic (exact) mass is 275 g/mol. The first kappa shape index (κ1) is 14.8. The minimum atomic E-state index is -0.697. The van der Waals surface area contributed by atoms with Gasteiger partial charge in [-0.2, -0.15) is 0 Å². The number of ether oxygens (including phenoxy) is 2. The van der Waals surface area contributed by atoms with Crippen molar-refractivity contribution in [2.45, 2.75) is 0 Å². The molecule has 102 valence electrons. The lowest BCUT2D eigenvalue weighted by Gasteiger charge is -2.25. The van der Waals surface area contributed by atoms with Gasteiger partial charge in [-0.3, -0.25) is 9.11 Å². The highest BCUT2D eigenvalue weighted by molar-refractivity contribution is 7.85. The average molecular weight is 275 g/mol. The fourth-order valence-electron chi connectivity index (χ4n) is 1.43. The van der Waals surface area contributed by atoms with E-state index in [0.717, 1.165) is 25.2 Å². The second kappa shape index (κ2) is 7.99. The minimum absolute atomic E-state index is 0.261. The molecule has 18 heavy (non-hydrogen) atoms. The van der Waals surface area contributed by atoms with Gasteiger partial charge in [-0.25, -0.2) is 9.59 Å². The Labute approximate surface area is 108 Å². The molecule has 6 nitrogen and oxygen atoms in total. The van der Waals surface area contributed by atoms with E-state index in [1.165, 1.54) is 7.11 Å². The van der Waals surface area contributed by atoms with E-state index in [-0.39, 0.29) is 6.61 Å². The third-order valence-corrected chi connectivity index (χ3v) is 3.75. The number of nitrogens with zero attached hydrogens (tertiary/aromatic N) is 1. The number of methoxy groups -OCH3 is 1. The molecule has 0 N–H and O–H groups in total. The number of hydrogen-bond donors (Lipinski definition) is 0. The SMILES string of the molecule is COC(=O)C=CC(=O)OCCN1CCS(=O)CC1. The predicted molar refractivity (Wildman–Crippen MR) is 66.4 cm³/mol. The zero-order valence-electron chi connectivity index (χ0n) is 10.3. The lowest BCUT2D eigenvalue weighted by molar-refractivity contribution is -0.139. The fourth-order valence-corrected chi connectivity index (χ4v) is 2.55. The second-order valence-corrected chi connectivity index (χ2v) is 5.41. The maximum Gasteiger partial charge on any atom is 0.331 e. The first-order chi connectivity index (χ1) is 8.61. The van der Waals surface area contributed by atoms with Crippen LogP contribution in [0.4, 0.5) is 0 Å². The molecule has 0 saturated carbocycles. The van der Waals surface area contributed by atoms with E-state index < -0.39 is 22.7 Å².